The zero-order valence-corrected chi connectivity index (χ0v) is 16.7. The van der Waals surface area contributed by atoms with E-state index < -0.39 is 21.6 Å². The van der Waals surface area contributed by atoms with Crippen molar-refractivity contribution in [3.63, 3.8) is 0 Å². The molecule has 4 rings (SSSR count). The van der Waals surface area contributed by atoms with Gasteiger partial charge in [0.1, 0.15) is 5.82 Å². The van der Waals surface area contributed by atoms with Gasteiger partial charge in [-0.25, -0.2) is 4.68 Å². The summed E-state index contributed by atoms with van der Waals surface area (Å²) in [6.45, 7) is 3.97. The van der Waals surface area contributed by atoms with E-state index in [1.54, 1.807) is 4.68 Å². The van der Waals surface area contributed by atoms with Crippen LogP contribution in [0.5, 0.6) is 0 Å². The Hall–Kier alpha value is -3.33. The van der Waals surface area contributed by atoms with Gasteiger partial charge < -0.3 is 5.32 Å². The topological polar surface area (TPSA) is 107 Å². The number of hydrogen-bond donors (Lipinski definition) is 1. The number of benzene rings is 2. The molecule has 148 valence electrons. The summed E-state index contributed by atoms with van der Waals surface area (Å²) in [6.07, 6.45) is 0. The second-order valence-electron chi connectivity index (χ2n) is 6.89. The SMILES string of the molecule is Cc1cccc(-n2nc3c(c2NC(=O)c2cccc([N+](=O)[O-])c2)C[S@](=O)C3)c1C. The minimum Gasteiger partial charge on any atom is -0.306 e. The zero-order chi connectivity index (χ0) is 20.7. The van der Waals surface area contributed by atoms with Gasteiger partial charge in [-0.05, 0) is 37.1 Å². The molecule has 1 atom stereocenters. The molecule has 29 heavy (non-hydrogen) atoms. The third kappa shape index (κ3) is 3.44. The van der Waals surface area contributed by atoms with Gasteiger partial charge in [-0.15, -0.1) is 0 Å². The number of hydrogen-bond acceptors (Lipinski definition) is 5. The number of carbonyl (C=O) groups is 1. The van der Waals surface area contributed by atoms with E-state index in [2.05, 4.69) is 10.4 Å². The molecular weight excluding hydrogens is 392 g/mol. The predicted octanol–water partition coefficient (Wildman–Crippen LogP) is 3.41. The third-order valence-electron chi connectivity index (χ3n) is 5.03. The van der Waals surface area contributed by atoms with Gasteiger partial charge in [-0.1, -0.05) is 18.2 Å². The third-order valence-corrected chi connectivity index (χ3v) is 6.23. The summed E-state index contributed by atoms with van der Waals surface area (Å²) in [5.74, 6) is 0.620. The summed E-state index contributed by atoms with van der Waals surface area (Å²) >= 11 is 0. The van der Waals surface area contributed by atoms with Crippen LogP contribution < -0.4 is 5.32 Å². The van der Waals surface area contributed by atoms with E-state index in [0.29, 0.717) is 23.0 Å². The Morgan fingerprint density at radius 1 is 1.21 bits per heavy atom. The second kappa shape index (κ2) is 7.25. The van der Waals surface area contributed by atoms with Crippen LogP contribution in [0.1, 0.15) is 32.7 Å². The number of aromatic nitrogens is 2. The van der Waals surface area contributed by atoms with Crippen LogP contribution in [0.2, 0.25) is 0 Å². The lowest BCUT2D eigenvalue weighted by molar-refractivity contribution is -0.384. The second-order valence-corrected chi connectivity index (χ2v) is 8.35. The molecule has 9 heteroatoms. The van der Waals surface area contributed by atoms with Gasteiger partial charge in [0.15, 0.2) is 0 Å². The summed E-state index contributed by atoms with van der Waals surface area (Å²) in [5.41, 5.74) is 4.35. The number of nitrogens with zero attached hydrogens (tertiary/aromatic N) is 3. The fourth-order valence-corrected chi connectivity index (χ4v) is 4.60. The summed E-state index contributed by atoms with van der Waals surface area (Å²) < 4.78 is 13.7. The standard InChI is InChI=1S/C20H18N4O4S/c1-12-5-3-8-18(13(12)2)23-19(16-10-29(28)11-17(16)22-23)21-20(25)14-6-4-7-15(9-14)24(26)27/h3-9H,10-11H2,1-2H3,(H,21,25)/t29-/m0/s1. The number of carbonyl (C=O) groups excluding carboxylic acids is 1. The van der Waals surface area contributed by atoms with Crippen LogP contribution in [0.4, 0.5) is 11.5 Å². The van der Waals surface area contributed by atoms with Crippen LogP contribution in [0.25, 0.3) is 5.69 Å². The monoisotopic (exact) mass is 410 g/mol. The number of anilines is 1. The molecule has 0 spiro atoms. The molecule has 0 radical (unpaired) electrons. The zero-order valence-electron chi connectivity index (χ0n) is 15.8. The van der Waals surface area contributed by atoms with Crippen molar-refractivity contribution in [2.45, 2.75) is 25.4 Å². The molecule has 0 fully saturated rings. The molecular formula is C20H18N4O4S. The van der Waals surface area contributed by atoms with E-state index >= 15 is 0 Å². The fourth-order valence-electron chi connectivity index (χ4n) is 3.34. The van der Waals surface area contributed by atoms with E-state index in [1.165, 1.54) is 24.3 Å². The Kier molecular flexibility index (Phi) is 4.75. The van der Waals surface area contributed by atoms with Crippen molar-refractivity contribution in [2.24, 2.45) is 0 Å². The summed E-state index contributed by atoms with van der Waals surface area (Å²) in [6, 6.07) is 11.4. The lowest BCUT2D eigenvalue weighted by Gasteiger charge is -2.14. The van der Waals surface area contributed by atoms with Gasteiger partial charge in [0.25, 0.3) is 11.6 Å². The van der Waals surface area contributed by atoms with Gasteiger partial charge in [0.05, 0.1) is 27.8 Å². The van der Waals surface area contributed by atoms with Crippen molar-refractivity contribution in [3.05, 3.63) is 80.5 Å². The normalized spacial score (nSPS) is 15.2. The maximum Gasteiger partial charge on any atom is 0.270 e. The molecule has 1 N–H and O–H groups in total. The number of nitro groups is 1. The minimum atomic E-state index is -1.06. The first-order valence-corrected chi connectivity index (χ1v) is 10.4. The molecule has 3 aromatic rings. The molecule has 1 aliphatic rings. The molecule has 2 aromatic carbocycles. The fraction of sp³-hybridized carbons (Fsp3) is 0.200. The first-order chi connectivity index (χ1) is 13.8. The van der Waals surface area contributed by atoms with Crippen molar-refractivity contribution in [2.75, 3.05) is 5.32 Å². The highest BCUT2D eigenvalue weighted by Gasteiger charge is 2.29. The number of nitrogens with one attached hydrogen (secondary N) is 1. The quantitative estimate of drug-likeness (QED) is 0.524. The van der Waals surface area contributed by atoms with E-state index in [-0.39, 0.29) is 11.3 Å². The summed E-state index contributed by atoms with van der Waals surface area (Å²) in [4.78, 5) is 23.3. The lowest BCUT2D eigenvalue weighted by Crippen LogP contribution is -2.17. The van der Waals surface area contributed by atoms with Gasteiger partial charge in [0.2, 0.25) is 0 Å². The van der Waals surface area contributed by atoms with Crippen LogP contribution in [0, 0.1) is 24.0 Å². The highest BCUT2D eigenvalue weighted by molar-refractivity contribution is 7.83. The molecule has 1 aliphatic heterocycles. The number of aryl methyl sites for hydroxylation is 1. The Labute approximate surface area is 169 Å². The Morgan fingerprint density at radius 3 is 2.72 bits per heavy atom. The Bertz CT molecular complexity index is 1190. The van der Waals surface area contributed by atoms with E-state index in [1.807, 2.05) is 32.0 Å². The van der Waals surface area contributed by atoms with Crippen molar-refractivity contribution < 1.29 is 13.9 Å². The van der Waals surface area contributed by atoms with Crippen molar-refractivity contribution in [1.29, 1.82) is 0 Å². The number of nitro benzene ring substituents is 1. The van der Waals surface area contributed by atoms with Crippen molar-refractivity contribution in [1.82, 2.24) is 9.78 Å². The molecule has 2 heterocycles. The molecule has 0 saturated carbocycles. The largest absolute Gasteiger partial charge is 0.306 e. The lowest BCUT2D eigenvalue weighted by atomic mass is 10.1. The van der Waals surface area contributed by atoms with Crippen molar-refractivity contribution in [3.8, 4) is 5.69 Å². The average Bonchev–Trinajstić information content (AvgIpc) is 3.21. The molecule has 8 nitrogen and oxygen atoms in total. The summed E-state index contributed by atoms with van der Waals surface area (Å²) in [7, 11) is -1.06. The predicted molar refractivity (Wildman–Crippen MR) is 110 cm³/mol. The Morgan fingerprint density at radius 2 is 1.97 bits per heavy atom. The molecule has 1 amide bonds. The van der Waals surface area contributed by atoms with Gasteiger partial charge in [-0.3, -0.25) is 19.1 Å². The molecule has 0 unspecified atom stereocenters. The number of fused-ring (bicyclic) bond motifs is 1. The van der Waals surface area contributed by atoms with E-state index in [4.69, 9.17) is 0 Å². The molecule has 0 saturated heterocycles. The van der Waals surface area contributed by atoms with Gasteiger partial charge in [-0.2, -0.15) is 5.10 Å². The van der Waals surface area contributed by atoms with Crippen LogP contribution in [-0.4, -0.2) is 24.8 Å². The van der Waals surface area contributed by atoms with Gasteiger partial charge >= 0.3 is 0 Å². The number of amides is 1. The molecule has 0 aliphatic carbocycles. The smallest absolute Gasteiger partial charge is 0.270 e. The van der Waals surface area contributed by atoms with Crippen LogP contribution in [0.15, 0.2) is 42.5 Å². The van der Waals surface area contributed by atoms with Crippen molar-refractivity contribution >= 4 is 28.2 Å². The maximum absolute atomic E-state index is 12.9. The van der Waals surface area contributed by atoms with Crippen LogP contribution in [0.3, 0.4) is 0 Å². The summed E-state index contributed by atoms with van der Waals surface area (Å²) in [5, 5.41) is 18.5. The number of rotatable bonds is 4. The minimum absolute atomic E-state index is 0.160. The first-order valence-electron chi connectivity index (χ1n) is 8.93. The Balaban J connectivity index is 1.78. The maximum atomic E-state index is 12.9. The highest BCUT2D eigenvalue weighted by Crippen LogP contribution is 2.33. The van der Waals surface area contributed by atoms with E-state index in [9.17, 15) is 19.1 Å². The van der Waals surface area contributed by atoms with Crippen LogP contribution >= 0.6 is 0 Å². The van der Waals surface area contributed by atoms with Gasteiger partial charge in [0, 0.05) is 34.1 Å². The molecule has 0 bridgehead atoms. The average molecular weight is 410 g/mol. The van der Waals surface area contributed by atoms with Crippen LogP contribution in [-0.2, 0) is 22.3 Å². The van der Waals surface area contributed by atoms with E-state index in [0.717, 1.165) is 22.4 Å². The highest BCUT2D eigenvalue weighted by atomic mass is 32.2. The first kappa shape index (κ1) is 19.0. The molecule has 1 aromatic heterocycles. The number of non-ortho nitro benzene ring substituents is 1.